The highest BCUT2D eigenvalue weighted by Gasteiger charge is 2.15. The smallest absolute Gasteiger partial charge is 0.339 e. The zero-order chi connectivity index (χ0) is 27.5. The van der Waals surface area contributed by atoms with Crippen molar-refractivity contribution in [3.8, 4) is 11.5 Å². The SMILES string of the molecule is COCOc1cc(OCc2ccccc2)c(C=NNC(=O)Nc2ccc(N3CCOCC3)nc2)cc1C(C)C. The highest BCUT2D eigenvalue weighted by atomic mass is 16.7. The van der Waals surface area contributed by atoms with Gasteiger partial charge in [0.1, 0.15) is 23.9 Å². The Bertz CT molecular complexity index is 1230. The molecule has 2 heterocycles. The van der Waals surface area contributed by atoms with Crippen LogP contribution in [0.1, 0.15) is 36.5 Å². The number of pyridine rings is 1. The number of anilines is 2. The molecule has 1 aliphatic heterocycles. The maximum Gasteiger partial charge on any atom is 0.339 e. The predicted molar refractivity (Wildman–Crippen MR) is 151 cm³/mol. The molecule has 2 amide bonds. The van der Waals surface area contributed by atoms with Crippen molar-refractivity contribution in [3.05, 3.63) is 77.5 Å². The number of methoxy groups -OCH3 is 1. The lowest BCUT2D eigenvalue weighted by Crippen LogP contribution is -2.36. The Morgan fingerprint density at radius 1 is 1.10 bits per heavy atom. The number of hydrazone groups is 1. The summed E-state index contributed by atoms with van der Waals surface area (Å²) in [5, 5.41) is 6.91. The van der Waals surface area contributed by atoms with E-state index in [1.165, 1.54) is 0 Å². The van der Waals surface area contributed by atoms with Gasteiger partial charge in [0.15, 0.2) is 6.79 Å². The van der Waals surface area contributed by atoms with Crippen molar-refractivity contribution in [3.63, 3.8) is 0 Å². The van der Waals surface area contributed by atoms with E-state index in [2.05, 4.69) is 39.6 Å². The Balaban J connectivity index is 1.44. The number of hydrogen-bond acceptors (Lipinski definition) is 8. The zero-order valence-electron chi connectivity index (χ0n) is 22.6. The summed E-state index contributed by atoms with van der Waals surface area (Å²) in [6.45, 7) is 7.59. The van der Waals surface area contributed by atoms with Crippen molar-refractivity contribution in [1.29, 1.82) is 0 Å². The highest BCUT2D eigenvalue weighted by Crippen LogP contribution is 2.34. The van der Waals surface area contributed by atoms with Gasteiger partial charge in [-0.25, -0.2) is 15.2 Å². The Hall–Kier alpha value is -4.15. The van der Waals surface area contributed by atoms with E-state index in [4.69, 9.17) is 18.9 Å². The van der Waals surface area contributed by atoms with Gasteiger partial charge in [-0.15, -0.1) is 0 Å². The molecule has 1 fully saturated rings. The molecule has 1 aromatic heterocycles. The van der Waals surface area contributed by atoms with Gasteiger partial charge >= 0.3 is 6.03 Å². The molecule has 1 saturated heterocycles. The molecular weight excluding hydrogens is 498 g/mol. The van der Waals surface area contributed by atoms with Crippen LogP contribution in [0.25, 0.3) is 0 Å². The number of hydrogen-bond donors (Lipinski definition) is 2. The lowest BCUT2D eigenvalue weighted by molar-refractivity contribution is 0.0500. The predicted octanol–water partition coefficient (Wildman–Crippen LogP) is 4.76. The normalized spacial score (nSPS) is 13.5. The van der Waals surface area contributed by atoms with Crippen LogP contribution in [0.4, 0.5) is 16.3 Å². The van der Waals surface area contributed by atoms with Gasteiger partial charge in [0.25, 0.3) is 0 Å². The Morgan fingerprint density at radius 2 is 1.90 bits per heavy atom. The molecule has 0 spiro atoms. The van der Waals surface area contributed by atoms with Gasteiger partial charge in [-0.1, -0.05) is 44.2 Å². The average molecular weight is 534 g/mol. The number of carbonyl (C=O) groups excluding carboxylic acids is 1. The van der Waals surface area contributed by atoms with Crippen LogP contribution in [0.5, 0.6) is 11.5 Å². The summed E-state index contributed by atoms with van der Waals surface area (Å²) in [5.74, 6) is 2.27. The van der Waals surface area contributed by atoms with Crippen molar-refractivity contribution in [1.82, 2.24) is 10.4 Å². The zero-order valence-corrected chi connectivity index (χ0v) is 22.6. The van der Waals surface area contributed by atoms with Crippen LogP contribution in [0.15, 0.2) is 65.9 Å². The first kappa shape index (κ1) is 27.9. The van der Waals surface area contributed by atoms with Crippen LogP contribution in [0.3, 0.4) is 0 Å². The molecule has 3 aromatic rings. The summed E-state index contributed by atoms with van der Waals surface area (Å²) in [5.41, 5.74) is 5.78. The Labute approximate surface area is 228 Å². The highest BCUT2D eigenvalue weighted by molar-refractivity contribution is 5.91. The second-order valence-corrected chi connectivity index (χ2v) is 9.24. The maximum absolute atomic E-state index is 12.5. The molecular formula is C29H35N5O5. The number of aromatic nitrogens is 1. The van der Waals surface area contributed by atoms with Gasteiger partial charge in [-0.05, 0) is 35.2 Å². The average Bonchev–Trinajstić information content (AvgIpc) is 2.96. The molecule has 206 valence electrons. The largest absolute Gasteiger partial charge is 0.488 e. The lowest BCUT2D eigenvalue weighted by Gasteiger charge is -2.27. The van der Waals surface area contributed by atoms with Crippen LogP contribution in [-0.4, -0.2) is 57.4 Å². The van der Waals surface area contributed by atoms with E-state index in [-0.39, 0.29) is 12.7 Å². The van der Waals surface area contributed by atoms with Crippen molar-refractivity contribution in [2.75, 3.05) is 50.4 Å². The summed E-state index contributed by atoms with van der Waals surface area (Å²) in [6.07, 6.45) is 3.18. The fourth-order valence-corrected chi connectivity index (χ4v) is 4.01. The van der Waals surface area contributed by atoms with E-state index in [9.17, 15) is 4.79 Å². The third-order valence-electron chi connectivity index (χ3n) is 6.04. The van der Waals surface area contributed by atoms with Crippen molar-refractivity contribution < 1.29 is 23.7 Å². The number of nitrogens with one attached hydrogen (secondary N) is 2. The monoisotopic (exact) mass is 533 g/mol. The summed E-state index contributed by atoms with van der Waals surface area (Å²) in [7, 11) is 1.58. The Morgan fingerprint density at radius 3 is 2.59 bits per heavy atom. The van der Waals surface area contributed by atoms with E-state index < -0.39 is 6.03 Å². The number of ether oxygens (including phenoxy) is 4. The summed E-state index contributed by atoms with van der Waals surface area (Å²) in [6, 6.07) is 16.9. The Kier molecular flexibility index (Phi) is 10.1. The van der Waals surface area contributed by atoms with Gasteiger partial charge in [0.05, 0.1) is 31.3 Å². The van der Waals surface area contributed by atoms with Gasteiger partial charge in [0.2, 0.25) is 0 Å². The minimum absolute atomic E-state index is 0.120. The second kappa shape index (κ2) is 14.1. The second-order valence-electron chi connectivity index (χ2n) is 9.24. The fraction of sp³-hybridized carbons (Fsp3) is 0.345. The van der Waals surface area contributed by atoms with Crippen molar-refractivity contribution in [2.24, 2.45) is 5.10 Å². The number of benzene rings is 2. The molecule has 0 unspecified atom stereocenters. The lowest BCUT2D eigenvalue weighted by atomic mass is 9.99. The molecule has 10 heteroatoms. The fourth-order valence-electron chi connectivity index (χ4n) is 4.01. The minimum atomic E-state index is -0.483. The molecule has 2 aromatic carbocycles. The maximum atomic E-state index is 12.5. The number of urea groups is 1. The standard InChI is InChI=1S/C29H35N5O5/c1-21(2)25-15-23(26(16-27(25)39-20-36-3)38-19-22-7-5-4-6-8-22)17-31-33-29(35)32-24-9-10-28(30-18-24)34-11-13-37-14-12-34/h4-10,15-18,21H,11-14,19-20H2,1-3H3,(H2,32,33,35). The van der Waals surface area contributed by atoms with E-state index in [1.54, 1.807) is 19.5 Å². The molecule has 2 N–H and O–H groups in total. The van der Waals surface area contributed by atoms with E-state index in [0.29, 0.717) is 42.6 Å². The van der Waals surface area contributed by atoms with E-state index >= 15 is 0 Å². The first-order valence-electron chi connectivity index (χ1n) is 12.9. The third kappa shape index (κ3) is 8.17. The molecule has 0 atom stereocenters. The third-order valence-corrected chi connectivity index (χ3v) is 6.04. The van der Waals surface area contributed by atoms with Crippen molar-refractivity contribution >= 4 is 23.8 Å². The molecule has 0 radical (unpaired) electrons. The molecule has 10 nitrogen and oxygen atoms in total. The van der Waals surface area contributed by atoms with Crippen LogP contribution in [0, 0.1) is 0 Å². The first-order valence-corrected chi connectivity index (χ1v) is 12.9. The first-order chi connectivity index (χ1) is 19.0. The van der Waals surface area contributed by atoms with Gasteiger partial charge < -0.3 is 29.2 Å². The topological polar surface area (TPSA) is 107 Å². The van der Waals surface area contributed by atoms with Gasteiger partial charge in [0, 0.05) is 31.8 Å². The molecule has 39 heavy (non-hydrogen) atoms. The molecule has 4 rings (SSSR count). The summed E-state index contributed by atoms with van der Waals surface area (Å²) in [4.78, 5) is 19.1. The van der Waals surface area contributed by atoms with Crippen molar-refractivity contribution in [2.45, 2.75) is 26.4 Å². The van der Waals surface area contributed by atoms with Gasteiger partial charge in [-0.2, -0.15) is 5.10 Å². The quantitative estimate of drug-likeness (QED) is 0.208. The van der Waals surface area contributed by atoms with Crippen LogP contribution < -0.4 is 25.1 Å². The van der Waals surface area contributed by atoms with E-state index in [1.807, 2.05) is 54.6 Å². The molecule has 0 aliphatic carbocycles. The number of carbonyl (C=O) groups is 1. The van der Waals surface area contributed by atoms with Crippen LogP contribution in [0.2, 0.25) is 0 Å². The van der Waals surface area contributed by atoms with Crippen LogP contribution in [-0.2, 0) is 16.1 Å². The van der Waals surface area contributed by atoms with Crippen LogP contribution >= 0.6 is 0 Å². The number of morpholine rings is 1. The number of amides is 2. The summed E-state index contributed by atoms with van der Waals surface area (Å²) < 4.78 is 22.4. The minimum Gasteiger partial charge on any atom is -0.488 e. The molecule has 1 aliphatic rings. The molecule has 0 bridgehead atoms. The van der Waals surface area contributed by atoms with Gasteiger partial charge in [-0.3, -0.25) is 0 Å². The number of rotatable bonds is 11. The molecule has 0 saturated carbocycles. The van der Waals surface area contributed by atoms with E-state index in [0.717, 1.165) is 30.0 Å². The number of nitrogens with zero attached hydrogens (tertiary/aromatic N) is 3. The summed E-state index contributed by atoms with van der Waals surface area (Å²) >= 11 is 0.